The van der Waals surface area contributed by atoms with Crippen LogP contribution in [0.3, 0.4) is 0 Å². The van der Waals surface area contributed by atoms with Crippen LogP contribution in [0.4, 0.5) is 0 Å². The first-order valence-corrected chi connectivity index (χ1v) is 8.62. The van der Waals surface area contributed by atoms with E-state index in [9.17, 15) is 0 Å². The maximum Gasteiger partial charge on any atom is 0.119 e. The fourth-order valence-electron chi connectivity index (χ4n) is 3.71. The van der Waals surface area contributed by atoms with Crippen LogP contribution in [-0.2, 0) is 5.41 Å². The second kappa shape index (κ2) is 6.75. The number of halogens is 1. The molecule has 1 saturated carbocycles. The molecule has 2 heteroatoms. The molecule has 0 aromatic heterocycles. The summed E-state index contributed by atoms with van der Waals surface area (Å²) >= 11 is 6.08. The summed E-state index contributed by atoms with van der Waals surface area (Å²) in [5.74, 6) is 0.952. The van der Waals surface area contributed by atoms with Gasteiger partial charge in [-0.25, -0.2) is 0 Å². The molecular formula is C20H23ClO. The molecule has 0 aliphatic heterocycles. The lowest BCUT2D eigenvalue weighted by Crippen LogP contribution is -2.30. The summed E-state index contributed by atoms with van der Waals surface area (Å²) in [6.07, 6.45) is 6.34. The number of rotatable bonds is 4. The molecule has 0 spiro atoms. The Morgan fingerprint density at radius 1 is 0.864 bits per heavy atom. The van der Waals surface area contributed by atoms with Crippen molar-refractivity contribution in [2.75, 3.05) is 6.61 Å². The molecule has 0 radical (unpaired) electrons. The van der Waals surface area contributed by atoms with Gasteiger partial charge in [0.25, 0.3) is 0 Å². The van der Waals surface area contributed by atoms with Gasteiger partial charge in [0.1, 0.15) is 5.75 Å². The molecule has 3 rings (SSSR count). The van der Waals surface area contributed by atoms with Gasteiger partial charge in [0.05, 0.1) is 6.61 Å². The van der Waals surface area contributed by atoms with Gasteiger partial charge in [-0.3, -0.25) is 0 Å². The van der Waals surface area contributed by atoms with E-state index in [2.05, 4.69) is 36.4 Å². The summed E-state index contributed by atoms with van der Waals surface area (Å²) in [5.41, 5.74) is 2.92. The van der Waals surface area contributed by atoms with Crippen molar-refractivity contribution in [2.45, 2.75) is 44.4 Å². The van der Waals surface area contributed by atoms with E-state index in [0.717, 1.165) is 10.8 Å². The molecule has 1 nitrogen and oxygen atoms in total. The summed E-state index contributed by atoms with van der Waals surface area (Å²) in [5, 5.41) is 0.807. The third-order valence-corrected chi connectivity index (χ3v) is 5.07. The van der Waals surface area contributed by atoms with Crippen molar-refractivity contribution in [1.29, 1.82) is 0 Å². The fourth-order valence-corrected chi connectivity index (χ4v) is 3.83. The van der Waals surface area contributed by atoms with Gasteiger partial charge in [0, 0.05) is 10.4 Å². The molecule has 116 valence electrons. The van der Waals surface area contributed by atoms with Crippen LogP contribution in [0.2, 0.25) is 5.02 Å². The largest absolute Gasteiger partial charge is 0.494 e. The van der Waals surface area contributed by atoms with Gasteiger partial charge in [0.2, 0.25) is 0 Å². The van der Waals surface area contributed by atoms with Gasteiger partial charge in [-0.05, 0) is 55.2 Å². The summed E-state index contributed by atoms with van der Waals surface area (Å²) in [4.78, 5) is 0. The highest BCUT2D eigenvalue weighted by atomic mass is 35.5. The van der Waals surface area contributed by atoms with Crippen molar-refractivity contribution in [3.8, 4) is 5.75 Å². The van der Waals surface area contributed by atoms with Gasteiger partial charge in [-0.15, -0.1) is 0 Å². The highest BCUT2D eigenvalue weighted by Gasteiger charge is 2.35. The Morgan fingerprint density at radius 2 is 1.41 bits per heavy atom. The summed E-state index contributed by atoms with van der Waals surface area (Å²) < 4.78 is 5.59. The third kappa shape index (κ3) is 3.01. The first-order valence-electron chi connectivity index (χ1n) is 8.24. The summed E-state index contributed by atoms with van der Waals surface area (Å²) in [6.45, 7) is 2.73. The van der Waals surface area contributed by atoms with Crippen molar-refractivity contribution < 1.29 is 4.74 Å². The first kappa shape index (κ1) is 15.4. The molecule has 1 aliphatic carbocycles. The monoisotopic (exact) mass is 314 g/mol. The second-order valence-electron chi connectivity index (χ2n) is 6.11. The Labute approximate surface area is 138 Å². The van der Waals surface area contributed by atoms with Crippen LogP contribution < -0.4 is 4.74 Å². The normalized spacial score (nSPS) is 17.2. The number of benzene rings is 2. The summed E-state index contributed by atoms with van der Waals surface area (Å²) in [7, 11) is 0. The number of hydrogen-bond donors (Lipinski definition) is 0. The van der Waals surface area contributed by atoms with E-state index < -0.39 is 0 Å². The van der Waals surface area contributed by atoms with Gasteiger partial charge < -0.3 is 4.74 Å². The van der Waals surface area contributed by atoms with Crippen LogP contribution in [0.5, 0.6) is 5.75 Å². The standard InChI is InChI=1S/C20H23ClO/c1-2-22-19-12-8-17(9-13-19)20(14-4-3-5-15-20)16-6-10-18(21)11-7-16/h6-13H,2-5,14-15H2,1H3. The Bertz CT molecular complexity index is 595. The predicted octanol–water partition coefficient (Wildman–Crippen LogP) is 5.99. The Hall–Kier alpha value is -1.47. The van der Waals surface area contributed by atoms with Crippen molar-refractivity contribution in [3.63, 3.8) is 0 Å². The molecule has 1 fully saturated rings. The zero-order valence-electron chi connectivity index (χ0n) is 13.1. The predicted molar refractivity (Wildman–Crippen MR) is 92.9 cm³/mol. The van der Waals surface area contributed by atoms with Crippen LogP contribution in [0.15, 0.2) is 48.5 Å². The van der Waals surface area contributed by atoms with Gasteiger partial charge in [-0.2, -0.15) is 0 Å². The van der Waals surface area contributed by atoms with Gasteiger partial charge in [-0.1, -0.05) is 55.1 Å². The molecule has 1 aliphatic rings. The molecule has 0 saturated heterocycles. The lowest BCUT2D eigenvalue weighted by atomic mass is 9.65. The Morgan fingerprint density at radius 3 is 1.95 bits per heavy atom. The van der Waals surface area contributed by atoms with E-state index in [0.29, 0.717) is 6.61 Å². The van der Waals surface area contributed by atoms with Gasteiger partial charge in [0.15, 0.2) is 0 Å². The van der Waals surface area contributed by atoms with Crippen LogP contribution in [0, 0.1) is 0 Å². The minimum atomic E-state index is 0.133. The van der Waals surface area contributed by atoms with Gasteiger partial charge >= 0.3 is 0 Å². The molecule has 0 unspecified atom stereocenters. The molecule has 22 heavy (non-hydrogen) atoms. The maximum absolute atomic E-state index is 6.08. The quantitative estimate of drug-likeness (QED) is 0.673. The zero-order valence-corrected chi connectivity index (χ0v) is 13.9. The van der Waals surface area contributed by atoms with Crippen LogP contribution in [0.1, 0.15) is 50.2 Å². The number of hydrogen-bond acceptors (Lipinski definition) is 1. The van der Waals surface area contributed by atoms with E-state index in [1.165, 1.54) is 43.2 Å². The molecule has 0 atom stereocenters. The second-order valence-corrected chi connectivity index (χ2v) is 6.54. The number of ether oxygens (including phenoxy) is 1. The van der Waals surface area contributed by atoms with Crippen molar-refractivity contribution >= 4 is 11.6 Å². The lowest BCUT2D eigenvalue weighted by molar-refractivity contribution is 0.335. The molecule has 0 bridgehead atoms. The van der Waals surface area contributed by atoms with E-state index in [1.54, 1.807) is 0 Å². The highest BCUT2D eigenvalue weighted by molar-refractivity contribution is 6.30. The molecule has 2 aromatic rings. The van der Waals surface area contributed by atoms with E-state index in [1.807, 2.05) is 19.1 Å². The molecule has 0 heterocycles. The third-order valence-electron chi connectivity index (χ3n) is 4.82. The minimum Gasteiger partial charge on any atom is -0.494 e. The lowest BCUT2D eigenvalue weighted by Gasteiger charge is -2.38. The topological polar surface area (TPSA) is 9.23 Å². The average molecular weight is 315 g/mol. The molecule has 0 amide bonds. The highest BCUT2D eigenvalue weighted by Crippen LogP contribution is 2.45. The maximum atomic E-state index is 6.08. The van der Waals surface area contributed by atoms with Crippen molar-refractivity contribution in [3.05, 3.63) is 64.7 Å². The molecular weight excluding hydrogens is 292 g/mol. The van der Waals surface area contributed by atoms with E-state index in [-0.39, 0.29) is 5.41 Å². The van der Waals surface area contributed by atoms with E-state index in [4.69, 9.17) is 16.3 Å². The van der Waals surface area contributed by atoms with E-state index >= 15 is 0 Å². The summed E-state index contributed by atoms with van der Waals surface area (Å²) in [6, 6.07) is 17.1. The van der Waals surface area contributed by atoms with Crippen LogP contribution in [0.25, 0.3) is 0 Å². The fraction of sp³-hybridized carbons (Fsp3) is 0.400. The smallest absolute Gasteiger partial charge is 0.119 e. The van der Waals surface area contributed by atoms with Crippen molar-refractivity contribution in [1.82, 2.24) is 0 Å². The van der Waals surface area contributed by atoms with Crippen LogP contribution >= 0.6 is 11.6 Å². The Kier molecular flexibility index (Phi) is 4.73. The molecule has 2 aromatic carbocycles. The van der Waals surface area contributed by atoms with Crippen LogP contribution in [-0.4, -0.2) is 6.61 Å². The first-order chi connectivity index (χ1) is 10.7. The van der Waals surface area contributed by atoms with Crippen molar-refractivity contribution in [2.24, 2.45) is 0 Å². The average Bonchev–Trinajstić information content (AvgIpc) is 2.57. The zero-order chi connectivity index (χ0) is 15.4. The Balaban J connectivity index is 2.00. The minimum absolute atomic E-state index is 0.133. The SMILES string of the molecule is CCOc1ccc(C2(c3ccc(Cl)cc3)CCCCC2)cc1. The molecule has 0 N–H and O–H groups in total.